The van der Waals surface area contributed by atoms with Crippen LogP contribution < -0.4 is 11.1 Å². The Labute approximate surface area is 138 Å². The van der Waals surface area contributed by atoms with Gasteiger partial charge in [0, 0.05) is 37.4 Å². The van der Waals surface area contributed by atoms with Gasteiger partial charge in [0.05, 0.1) is 17.8 Å². The second kappa shape index (κ2) is 7.40. The highest BCUT2D eigenvalue weighted by Gasteiger charge is 2.33. The van der Waals surface area contributed by atoms with Crippen molar-refractivity contribution in [3.63, 3.8) is 0 Å². The van der Waals surface area contributed by atoms with Gasteiger partial charge < -0.3 is 15.8 Å². The van der Waals surface area contributed by atoms with E-state index in [0.29, 0.717) is 6.54 Å². The van der Waals surface area contributed by atoms with Crippen molar-refractivity contribution < 1.29 is 22.7 Å². The minimum absolute atomic E-state index is 0.0882. The molecule has 1 aliphatic heterocycles. The number of nitrogens with zero attached hydrogens (tertiary/aromatic N) is 1. The van der Waals surface area contributed by atoms with Gasteiger partial charge in [0.15, 0.2) is 0 Å². The molecule has 3 N–H and O–H groups in total. The molecule has 1 saturated heterocycles. The average molecular weight is 345 g/mol. The van der Waals surface area contributed by atoms with Crippen LogP contribution in [0.3, 0.4) is 0 Å². The summed E-state index contributed by atoms with van der Waals surface area (Å²) in [4.78, 5) is 14.1. The molecular weight excluding hydrogens is 323 g/mol. The molecule has 1 aliphatic rings. The van der Waals surface area contributed by atoms with E-state index in [1.54, 1.807) is 0 Å². The standard InChI is InChI=1S/C16H22F3N3O2/c1-10-8-22(9-11(2)24-10)6-5-15(23)21-12-3-4-14(20)13(7-12)16(17,18)19/h3-4,7,10-11H,5-6,8-9,20H2,1-2H3,(H,21,23). The highest BCUT2D eigenvalue weighted by Crippen LogP contribution is 2.35. The number of anilines is 2. The van der Waals surface area contributed by atoms with Crippen LogP contribution in [0.15, 0.2) is 18.2 Å². The molecule has 1 fully saturated rings. The Bertz CT molecular complexity index is 582. The van der Waals surface area contributed by atoms with Crippen molar-refractivity contribution >= 4 is 17.3 Å². The van der Waals surface area contributed by atoms with E-state index in [4.69, 9.17) is 10.5 Å². The summed E-state index contributed by atoms with van der Waals surface area (Å²) in [5.41, 5.74) is 4.11. The fourth-order valence-corrected chi connectivity index (χ4v) is 2.83. The summed E-state index contributed by atoms with van der Waals surface area (Å²) < 4.78 is 44.1. The van der Waals surface area contributed by atoms with E-state index in [-0.39, 0.29) is 35.9 Å². The second-order valence-electron chi connectivity index (χ2n) is 6.11. The van der Waals surface area contributed by atoms with E-state index in [0.717, 1.165) is 25.2 Å². The molecule has 134 valence electrons. The number of ether oxygens (including phenoxy) is 1. The third-order valence-corrected chi connectivity index (χ3v) is 3.79. The fourth-order valence-electron chi connectivity index (χ4n) is 2.83. The second-order valence-corrected chi connectivity index (χ2v) is 6.11. The normalized spacial score (nSPS) is 22.4. The number of morpholine rings is 1. The average Bonchev–Trinajstić information content (AvgIpc) is 2.45. The first-order chi connectivity index (χ1) is 11.1. The summed E-state index contributed by atoms with van der Waals surface area (Å²) in [5.74, 6) is -0.334. The SMILES string of the molecule is CC1CN(CCC(=O)Nc2ccc(N)c(C(F)(F)F)c2)CC(C)O1. The molecule has 2 atom stereocenters. The Balaban J connectivity index is 1.91. The van der Waals surface area contributed by atoms with Crippen molar-refractivity contribution in [1.29, 1.82) is 0 Å². The van der Waals surface area contributed by atoms with Gasteiger partial charge in [-0.15, -0.1) is 0 Å². The van der Waals surface area contributed by atoms with E-state index in [2.05, 4.69) is 10.2 Å². The first-order valence-electron chi connectivity index (χ1n) is 7.79. The number of amides is 1. The lowest BCUT2D eigenvalue weighted by Crippen LogP contribution is -2.46. The number of carbonyl (C=O) groups is 1. The van der Waals surface area contributed by atoms with Crippen molar-refractivity contribution in [3.8, 4) is 0 Å². The Morgan fingerprint density at radius 3 is 2.54 bits per heavy atom. The molecule has 2 rings (SSSR count). The number of rotatable bonds is 4. The van der Waals surface area contributed by atoms with Crippen LogP contribution in [0.1, 0.15) is 25.8 Å². The summed E-state index contributed by atoms with van der Waals surface area (Å²) in [5, 5.41) is 2.49. The molecule has 1 aromatic rings. The lowest BCUT2D eigenvalue weighted by Gasteiger charge is -2.35. The highest BCUT2D eigenvalue weighted by molar-refractivity contribution is 5.91. The number of halogens is 3. The summed E-state index contributed by atoms with van der Waals surface area (Å²) in [6.45, 7) is 5.94. The van der Waals surface area contributed by atoms with E-state index in [1.807, 2.05) is 13.8 Å². The third kappa shape index (κ3) is 5.10. The molecule has 0 aromatic heterocycles. The first-order valence-corrected chi connectivity index (χ1v) is 7.79. The van der Waals surface area contributed by atoms with Gasteiger partial charge in [0.25, 0.3) is 0 Å². The number of nitrogens with two attached hydrogens (primary N) is 1. The van der Waals surface area contributed by atoms with Crippen LogP contribution in [-0.2, 0) is 15.7 Å². The molecule has 24 heavy (non-hydrogen) atoms. The van der Waals surface area contributed by atoms with Crippen LogP contribution in [0.2, 0.25) is 0 Å². The van der Waals surface area contributed by atoms with Crippen molar-refractivity contribution in [2.45, 2.75) is 38.7 Å². The molecule has 0 radical (unpaired) electrons. The van der Waals surface area contributed by atoms with Crippen molar-refractivity contribution in [2.75, 3.05) is 30.7 Å². The lowest BCUT2D eigenvalue weighted by molar-refractivity contribution is -0.136. The Morgan fingerprint density at radius 1 is 1.33 bits per heavy atom. The predicted octanol–water partition coefficient (Wildman–Crippen LogP) is 2.73. The molecular formula is C16H22F3N3O2. The largest absolute Gasteiger partial charge is 0.418 e. The molecule has 1 heterocycles. The van der Waals surface area contributed by atoms with Crippen molar-refractivity contribution in [1.82, 2.24) is 4.90 Å². The topological polar surface area (TPSA) is 67.6 Å². The molecule has 1 aromatic carbocycles. The number of benzene rings is 1. The molecule has 0 aliphatic carbocycles. The minimum atomic E-state index is -4.55. The molecule has 0 spiro atoms. The quantitative estimate of drug-likeness (QED) is 0.824. The summed E-state index contributed by atoms with van der Waals surface area (Å²) >= 11 is 0. The number of carbonyl (C=O) groups excluding carboxylic acids is 1. The van der Waals surface area contributed by atoms with Gasteiger partial charge in [-0.2, -0.15) is 13.2 Å². The van der Waals surface area contributed by atoms with Crippen LogP contribution in [0.4, 0.5) is 24.5 Å². The number of nitrogen functional groups attached to an aromatic ring is 1. The van der Waals surface area contributed by atoms with Crippen LogP contribution in [-0.4, -0.2) is 42.6 Å². The summed E-state index contributed by atoms with van der Waals surface area (Å²) in [7, 11) is 0. The van der Waals surface area contributed by atoms with E-state index < -0.39 is 11.7 Å². The van der Waals surface area contributed by atoms with Gasteiger partial charge in [-0.05, 0) is 32.0 Å². The molecule has 5 nitrogen and oxygen atoms in total. The Kier molecular flexibility index (Phi) is 5.71. The number of alkyl halides is 3. The maximum absolute atomic E-state index is 12.8. The Morgan fingerprint density at radius 2 is 1.96 bits per heavy atom. The Hall–Kier alpha value is -1.80. The minimum Gasteiger partial charge on any atom is -0.398 e. The molecule has 0 bridgehead atoms. The molecule has 2 unspecified atom stereocenters. The monoisotopic (exact) mass is 345 g/mol. The number of hydrogen-bond donors (Lipinski definition) is 2. The summed E-state index contributed by atoms with van der Waals surface area (Å²) in [6, 6.07) is 3.36. The van der Waals surface area contributed by atoms with Gasteiger partial charge in [-0.1, -0.05) is 0 Å². The maximum atomic E-state index is 12.8. The third-order valence-electron chi connectivity index (χ3n) is 3.79. The number of nitrogens with one attached hydrogen (secondary N) is 1. The van der Waals surface area contributed by atoms with Crippen LogP contribution >= 0.6 is 0 Å². The van der Waals surface area contributed by atoms with Crippen LogP contribution in [0, 0.1) is 0 Å². The molecule has 0 saturated carbocycles. The van der Waals surface area contributed by atoms with Crippen molar-refractivity contribution in [3.05, 3.63) is 23.8 Å². The van der Waals surface area contributed by atoms with Gasteiger partial charge >= 0.3 is 6.18 Å². The van der Waals surface area contributed by atoms with E-state index in [9.17, 15) is 18.0 Å². The number of hydrogen-bond acceptors (Lipinski definition) is 4. The van der Waals surface area contributed by atoms with Gasteiger partial charge in [-0.25, -0.2) is 0 Å². The van der Waals surface area contributed by atoms with Gasteiger partial charge in [0.2, 0.25) is 5.91 Å². The lowest BCUT2D eigenvalue weighted by atomic mass is 10.1. The highest BCUT2D eigenvalue weighted by atomic mass is 19.4. The smallest absolute Gasteiger partial charge is 0.398 e. The molecule has 8 heteroatoms. The maximum Gasteiger partial charge on any atom is 0.418 e. The van der Waals surface area contributed by atoms with Crippen LogP contribution in [0.25, 0.3) is 0 Å². The van der Waals surface area contributed by atoms with Gasteiger partial charge in [-0.3, -0.25) is 9.69 Å². The zero-order valence-electron chi connectivity index (χ0n) is 13.7. The van der Waals surface area contributed by atoms with Gasteiger partial charge in [0.1, 0.15) is 0 Å². The van der Waals surface area contributed by atoms with Crippen LogP contribution in [0.5, 0.6) is 0 Å². The van der Waals surface area contributed by atoms with E-state index in [1.165, 1.54) is 6.07 Å². The summed E-state index contributed by atoms with van der Waals surface area (Å²) in [6.07, 6.45) is -4.15. The zero-order valence-corrected chi connectivity index (χ0v) is 13.7. The van der Waals surface area contributed by atoms with Crippen molar-refractivity contribution in [2.24, 2.45) is 0 Å². The van der Waals surface area contributed by atoms with E-state index >= 15 is 0 Å². The first kappa shape index (κ1) is 18.5. The predicted molar refractivity (Wildman–Crippen MR) is 85.6 cm³/mol. The molecule has 1 amide bonds. The zero-order chi connectivity index (χ0) is 17.9. The fraction of sp³-hybridized carbons (Fsp3) is 0.562.